The molecule has 0 aromatic heterocycles. The molecule has 2 aromatic rings. The van der Waals surface area contributed by atoms with E-state index in [9.17, 15) is 22.4 Å². The average molecular weight is 420 g/mol. The number of benzene rings is 2. The number of halogens is 1. The number of hydrogen-bond acceptors (Lipinski definition) is 5. The monoisotopic (exact) mass is 420 g/mol. The fourth-order valence-electron chi connectivity index (χ4n) is 3.24. The lowest BCUT2D eigenvalue weighted by Gasteiger charge is -2.30. The van der Waals surface area contributed by atoms with Gasteiger partial charge in [-0.1, -0.05) is 18.2 Å². The Labute approximate surface area is 168 Å². The predicted molar refractivity (Wildman–Crippen MR) is 104 cm³/mol. The molecule has 1 fully saturated rings. The molecule has 0 aliphatic carbocycles. The van der Waals surface area contributed by atoms with Crippen molar-refractivity contribution in [1.82, 2.24) is 4.31 Å². The summed E-state index contributed by atoms with van der Waals surface area (Å²) in [5.41, 5.74) is 0.774. The van der Waals surface area contributed by atoms with Crippen LogP contribution >= 0.6 is 0 Å². The Morgan fingerprint density at radius 1 is 1.10 bits per heavy atom. The smallest absolute Gasteiger partial charge is 0.337 e. The third kappa shape index (κ3) is 4.63. The molecule has 0 spiro atoms. The van der Waals surface area contributed by atoms with Crippen LogP contribution in [0.2, 0.25) is 0 Å². The van der Waals surface area contributed by atoms with Crippen LogP contribution in [0.15, 0.2) is 53.4 Å². The third-order valence-electron chi connectivity index (χ3n) is 4.83. The number of hydrogen-bond donors (Lipinski definition) is 1. The van der Waals surface area contributed by atoms with Gasteiger partial charge in [0.25, 0.3) is 0 Å². The highest BCUT2D eigenvalue weighted by Gasteiger charge is 2.33. The molecule has 1 amide bonds. The highest BCUT2D eigenvalue weighted by atomic mass is 32.2. The maximum atomic E-state index is 13.9. The number of nitrogens with zero attached hydrogens (tertiary/aromatic N) is 1. The fraction of sp³-hybridized carbons (Fsp3) is 0.300. The Bertz CT molecular complexity index is 1020. The minimum atomic E-state index is -3.94. The second kappa shape index (κ2) is 8.71. The van der Waals surface area contributed by atoms with Crippen LogP contribution in [0, 0.1) is 11.7 Å². The summed E-state index contributed by atoms with van der Waals surface area (Å²) in [6, 6.07) is 11.6. The molecular weight excluding hydrogens is 399 g/mol. The van der Waals surface area contributed by atoms with Gasteiger partial charge in [0.05, 0.1) is 12.7 Å². The first kappa shape index (κ1) is 20.9. The highest BCUT2D eigenvalue weighted by Crippen LogP contribution is 2.26. The summed E-state index contributed by atoms with van der Waals surface area (Å²) in [6.07, 6.45) is 0.631. The molecule has 0 bridgehead atoms. The van der Waals surface area contributed by atoms with Gasteiger partial charge in [0.15, 0.2) is 0 Å². The zero-order chi connectivity index (χ0) is 21.0. The van der Waals surface area contributed by atoms with Gasteiger partial charge in [-0.2, -0.15) is 4.31 Å². The van der Waals surface area contributed by atoms with Gasteiger partial charge in [-0.25, -0.2) is 17.6 Å². The van der Waals surface area contributed by atoms with E-state index >= 15 is 0 Å². The molecule has 9 heteroatoms. The number of methoxy groups -OCH3 is 1. The van der Waals surface area contributed by atoms with Crippen LogP contribution in [0.4, 0.5) is 10.1 Å². The van der Waals surface area contributed by atoms with Gasteiger partial charge in [-0.15, -0.1) is 0 Å². The number of piperidine rings is 1. The topological polar surface area (TPSA) is 92.8 Å². The number of sulfonamides is 1. The number of nitrogens with one attached hydrogen (secondary N) is 1. The number of amides is 1. The summed E-state index contributed by atoms with van der Waals surface area (Å²) in [5.74, 6) is -1.94. The number of carbonyl (C=O) groups is 2. The average Bonchev–Trinajstić information content (AvgIpc) is 2.73. The molecule has 2 aromatic carbocycles. The third-order valence-corrected chi connectivity index (χ3v) is 6.76. The molecule has 0 atom stereocenters. The Morgan fingerprint density at radius 3 is 2.45 bits per heavy atom. The standard InChI is InChI=1S/C20H21FN2O5S/c1-28-20(25)15-5-4-6-16(13-15)22-19(24)14-9-11-23(12-10-14)29(26,27)18-8-3-2-7-17(18)21/h2-8,13-14H,9-12H2,1H3,(H,22,24). The van der Waals surface area contributed by atoms with E-state index in [2.05, 4.69) is 10.1 Å². The van der Waals surface area contributed by atoms with Crippen LogP contribution in [-0.2, 0) is 19.6 Å². The molecule has 0 radical (unpaired) electrons. The zero-order valence-corrected chi connectivity index (χ0v) is 16.6. The first-order valence-electron chi connectivity index (χ1n) is 9.07. The summed E-state index contributed by atoms with van der Waals surface area (Å²) < 4.78 is 45.1. The highest BCUT2D eigenvalue weighted by molar-refractivity contribution is 7.89. The lowest BCUT2D eigenvalue weighted by Crippen LogP contribution is -2.41. The van der Waals surface area contributed by atoms with Crippen molar-refractivity contribution in [2.75, 3.05) is 25.5 Å². The van der Waals surface area contributed by atoms with Crippen molar-refractivity contribution in [2.45, 2.75) is 17.7 Å². The Kier molecular flexibility index (Phi) is 6.29. The van der Waals surface area contributed by atoms with Gasteiger partial charge in [0.2, 0.25) is 15.9 Å². The van der Waals surface area contributed by atoms with E-state index in [4.69, 9.17) is 0 Å². The van der Waals surface area contributed by atoms with Crippen LogP contribution in [0.1, 0.15) is 23.2 Å². The number of rotatable bonds is 5. The minimum absolute atomic E-state index is 0.122. The molecule has 154 valence electrons. The largest absolute Gasteiger partial charge is 0.465 e. The maximum Gasteiger partial charge on any atom is 0.337 e. The van der Waals surface area contributed by atoms with Gasteiger partial charge in [-0.05, 0) is 43.2 Å². The van der Waals surface area contributed by atoms with Crippen molar-refractivity contribution in [1.29, 1.82) is 0 Å². The van der Waals surface area contributed by atoms with E-state index in [0.717, 1.165) is 6.07 Å². The molecule has 0 saturated carbocycles. The minimum Gasteiger partial charge on any atom is -0.465 e. The molecule has 0 unspecified atom stereocenters. The molecule has 1 aliphatic heterocycles. The lowest BCUT2D eigenvalue weighted by atomic mass is 9.97. The van der Waals surface area contributed by atoms with Crippen molar-refractivity contribution in [3.8, 4) is 0 Å². The van der Waals surface area contributed by atoms with Crippen molar-refractivity contribution in [2.24, 2.45) is 5.92 Å². The Hall–Kier alpha value is -2.78. The molecule has 1 aliphatic rings. The molecular formula is C20H21FN2O5S. The van der Waals surface area contributed by atoms with E-state index in [-0.39, 0.29) is 29.8 Å². The van der Waals surface area contributed by atoms with Crippen molar-refractivity contribution >= 4 is 27.6 Å². The lowest BCUT2D eigenvalue weighted by molar-refractivity contribution is -0.120. The van der Waals surface area contributed by atoms with E-state index < -0.39 is 21.8 Å². The summed E-state index contributed by atoms with van der Waals surface area (Å²) >= 11 is 0. The number of anilines is 1. The van der Waals surface area contributed by atoms with E-state index in [1.54, 1.807) is 18.2 Å². The van der Waals surface area contributed by atoms with Gasteiger partial charge in [-0.3, -0.25) is 4.79 Å². The number of esters is 1. The first-order valence-corrected chi connectivity index (χ1v) is 10.5. The zero-order valence-electron chi connectivity index (χ0n) is 15.8. The number of ether oxygens (including phenoxy) is 1. The Balaban J connectivity index is 1.63. The molecule has 7 nitrogen and oxygen atoms in total. The predicted octanol–water partition coefficient (Wildman–Crippen LogP) is 2.65. The van der Waals surface area contributed by atoms with Crippen LogP contribution in [0.3, 0.4) is 0 Å². The van der Waals surface area contributed by atoms with Crippen LogP contribution < -0.4 is 5.32 Å². The summed E-state index contributed by atoms with van der Waals surface area (Å²) in [5, 5.41) is 2.75. The SMILES string of the molecule is COC(=O)c1cccc(NC(=O)C2CCN(S(=O)(=O)c3ccccc3F)CC2)c1. The normalized spacial score (nSPS) is 15.7. The van der Waals surface area contributed by atoms with Crippen molar-refractivity contribution in [3.05, 3.63) is 59.9 Å². The van der Waals surface area contributed by atoms with E-state index in [0.29, 0.717) is 24.1 Å². The van der Waals surface area contributed by atoms with Crippen molar-refractivity contribution < 1.29 is 27.1 Å². The van der Waals surface area contributed by atoms with Crippen LogP contribution in [-0.4, -0.2) is 44.8 Å². The summed E-state index contributed by atoms with van der Waals surface area (Å²) in [6.45, 7) is 0.244. The van der Waals surface area contributed by atoms with Crippen LogP contribution in [0.5, 0.6) is 0 Å². The Morgan fingerprint density at radius 2 is 1.79 bits per heavy atom. The van der Waals surface area contributed by atoms with Gasteiger partial charge >= 0.3 is 5.97 Å². The van der Waals surface area contributed by atoms with Gasteiger partial charge in [0.1, 0.15) is 10.7 Å². The second-order valence-electron chi connectivity index (χ2n) is 6.67. The van der Waals surface area contributed by atoms with Crippen LogP contribution in [0.25, 0.3) is 0 Å². The maximum absolute atomic E-state index is 13.9. The van der Waals surface area contributed by atoms with E-state index in [1.165, 1.54) is 35.7 Å². The molecule has 29 heavy (non-hydrogen) atoms. The fourth-order valence-corrected chi connectivity index (χ4v) is 4.77. The van der Waals surface area contributed by atoms with E-state index in [1.807, 2.05) is 0 Å². The van der Waals surface area contributed by atoms with Crippen molar-refractivity contribution in [3.63, 3.8) is 0 Å². The molecule has 1 heterocycles. The first-order chi connectivity index (χ1) is 13.8. The quantitative estimate of drug-likeness (QED) is 0.751. The summed E-state index contributed by atoms with van der Waals surface area (Å²) in [4.78, 5) is 23.8. The number of carbonyl (C=O) groups excluding carboxylic acids is 2. The van der Waals surface area contributed by atoms with Gasteiger partial charge < -0.3 is 10.1 Å². The molecule has 1 N–H and O–H groups in total. The van der Waals surface area contributed by atoms with Gasteiger partial charge in [0, 0.05) is 24.7 Å². The second-order valence-corrected chi connectivity index (χ2v) is 8.58. The summed E-state index contributed by atoms with van der Waals surface area (Å²) in [7, 11) is -2.67. The molecule has 1 saturated heterocycles. The molecule has 3 rings (SSSR count).